The molecule has 0 fully saturated rings. The third kappa shape index (κ3) is 7.54. The summed E-state index contributed by atoms with van der Waals surface area (Å²) in [4.78, 5) is 35.5. The molecule has 0 heterocycles. The van der Waals surface area contributed by atoms with Crippen molar-refractivity contribution in [2.45, 2.75) is 24.9 Å². The molecule has 182 valence electrons. The van der Waals surface area contributed by atoms with Crippen molar-refractivity contribution in [1.82, 2.24) is 16.1 Å². The van der Waals surface area contributed by atoms with Gasteiger partial charge < -0.3 is 21.7 Å². The van der Waals surface area contributed by atoms with Gasteiger partial charge in [-0.1, -0.05) is 11.8 Å². The van der Waals surface area contributed by atoms with Gasteiger partial charge in [-0.05, 0) is 67.3 Å². The molecule has 2 unspecified atom stereocenters. The Hall–Kier alpha value is -4.45. The van der Waals surface area contributed by atoms with Crippen LogP contribution in [0, 0.1) is 23.7 Å². The van der Waals surface area contributed by atoms with Gasteiger partial charge in [-0.2, -0.15) is 0 Å². The van der Waals surface area contributed by atoms with Crippen LogP contribution in [-0.2, 0) is 4.79 Å². The van der Waals surface area contributed by atoms with Crippen LogP contribution >= 0.6 is 0 Å². The van der Waals surface area contributed by atoms with Crippen LogP contribution in [0.1, 0.15) is 28.4 Å². The van der Waals surface area contributed by atoms with Gasteiger partial charge in [0.25, 0.3) is 18.2 Å². The molecule has 7 N–H and O–H groups in total. The maximum Gasteiger partial charge on any atom is 0.318 e. The molecule has 0 aliphatic carbocycles. The minimum absolute atomic E-state index is 0.0629. The summed E-state index contributed by atoms with van der Waals surface area (Å²) in [5, 5.41) is 16.0. The number of nitrogens with one attached hydrogen (secondary N) is 4. The second-order valence-electron chi connectivity index (χ2n) is 7.41. The van der Waals surface area contributed by atoms with Crippen molar-refractivity contribution < 1.29 is 28.4 Å². The van der Waals surface area contributed by atoms with Crippen molar-refractivity contribution in [2.24, 2.45) is 5.73 Å². The van der Waals surface area contributed by atoms with Crippen LogP contribution in [0.25, 0.3) is 0 Å². The first kappa shape index (κ1) is 26.8. The molecule has 0 radical (unpaired) electrons. The highest BCUT2D eigenvalue weighted by Gasteiger charge is 2.44. The maximum absolute atomic E-state index is 13.2. The highest BCUT2D eigenvalue weighted by atomic mass is 19.3. The number of halogens is 2. The summed E-state index contributed by atoms with van der Waals surface area (Å²) in [7, 11) is 1.51. The van der Waals surface area contributed by atoms with E-state index in [1.807, 2.05) is 0 Å². The number of hydrogen-bond donors (Lipinski definition) is 6. The van der Waals surface area contributed by atoms with E-state index in [0.717, 1.165) is 6.92 Å². The highest BCUT2D eigenvalue weighted by molar-refractivity contribution is 5.98. The summed E-state index contributed by atoms with van der Waals surface area (Å²) in [5.41, 5.74) is 6.18. The van der Waals surface area contributed by atoms with Crippen molar-refractivity contribution in [3.63, 3.8) is 0 Å². The average Bonchev–Trinajstić information content (AvgIpc) is 2.85. The summed E-state index contributed by atoms with van der Waals surface area (Å²) < 4.78 is 26.4. The van der Waals surface area contributed by atoms with E-state index >= 15 is 0 Å². The van der Waals surface area contributed by atoms with E-state index in [0.29, 0.717) is 16.8 Å². The molecule has 0 aliphatic heterocycles. The van der Waals surface area contributed by atoms with Crippen molar-refractivity contribution in [3.05, 3.63) is 65.2 Å². The van der Waals surface area contributed by atoms with E-state index in [4.69, 9.17) is 10.9 Å². The van der Waals surface area contributed by atoms with Crippen LogP contribution < -0.4 is 27.2 Å². The van der Waals surface area contributed by atoms with Gasteiger partial charge in [-0.25, -0.2) is 19.1 Å². The fourth-order valence-electron chi connectivity index (χ4n) is 2.65. The van der Waals surface area contributed by atoms with Gasteiger partial charge in [0, 0.05) is 29.4 Å². The first-order valence-corrected chi connectivity index (χ1v) is 10.1. The molecule has 2 aromatic carbocycles. The molecule has 0 aliphatic rings. The fourth-order valence-corrected chi connectivity index (χ4v) is 2.65. The van der Waals surface area contributed by atoms with Crippen LogP contribution in [-0.4, -0.2) is 48.1 Å². The van der Waals surface area contributed by atoms with Crippen LogP contribution in [0.15, 0.2) is 48.5 Å². The topological polar surface area (TPSA) is 146 Å². The molecule has 2 atom stereocenters. The van der Waals surface area contributed by atoms with Gasteiger partial charge >= 0.3 is 6.03 Å². The molecule has 0 saturated carbocycles. The summed E-state index contributed by atoms with van der Waals surface area (Å²) in [6.07, 6.45) is -3.15. The lowest BCUT2D eigenvalue weighted by molar-refractivity contribution is -0.134. The molecule has 2 rings (SSSR count). The Morgan fingerprint density at radius 2 is 1.49 bits per heavy atom. The zero-order valence-electron chi connectivity index (χ0n) is 18.8. The van der Waals surface area contributed by atoms with Crippen molar-refractivity contribution >= 4 is 23.5 Å². The quantitative estimate of drug-likeness (QED) is 0.209. The number of benzene rings is 2. The molecule has 0 spiro atoms. The summed E-state index contributed by atoms with van der Waals surface area (Å²) >= 11 is 0. The number of alkyl halides is 2. The number of amides is 4. The number of carbonyl (C=O) groups is 3. The minimum Gasteiger partial charge on any atom is -0.341 e. The normalized spacial score (nSPS) is 12.5. The monoisotopic (exact) mass is 483 g/mol. The molecule has 11 heteroatoms. The van der Waals surface area contributed by atoms with Gasteiger partial charge in [-0.3, -0.25) is 14.8 Å². The minimum atomic E-state index is -3.15. The third-order valence-corrected chi connectivity index (χ3v) is 4.73. The summed E-state index contributed by atoms with van der Waals surface area (Å²) in [6.45, 7) is 0.883. The number of anilines is 1. The average molecular weight is 483 g/mol. The summed E-state index contributed by atoms with van der Waals surface area (Å²) in [6, 6.07) is 10.4. The maximum atomic E-state index is 13.2. The molecule has 0 bridgehead atoms. The van der Waals surface area contributed by atoms with Crippen molar-refractivity contribution in [3.8, 4) is 23.7 Å². The Bertz CT molecular complexity index is 1190. The van der Waals surface area contributed by atoms with Gasteiger partial charge in [0.05, 0.1) is 0 Å². The number of carbonyl (C=O) groups excluding carboxylic acids is 3. The molecule has 9 nitrogen and oxygen atoms in total. The smallest absolute Gasteiger partial charge is 0.318 e. The van der Waals surface area contributed by atoms with Gasteiger partial charge in [0.2, 0.25) is 0 Å². The molecular weight excluding hydrogens is 460 g/mol. The number of hydroxylamine groups is 1. The van der Waals surface area contributed by atoms with Crippen LogP contribution in [0.2, 0.25) is 0 Å². The molecule has 35 heavy (non-hydrogen) atoms. The van der Waals surface area contributed by atoms with Crippen molar-refractivity contribution in [1.29, 1.82) is 0 Å². The second kappa shape index (κ2) is 12.1. The Kier molecular flexibility index (Phi) is 9.29. The number of urea groups is 1. The lowest BCUT2D eigenvalue weighted by Gasteiger charge is -2.32. The van der Waals surface area contributed by atoms with Gasteiger partial charge in [-0.15, -0.1) is 0 Å². The highest BCUT2D eigenvalue weighted by Crippen LogP contribution is 2.18. The molecule has 0 saturated heterocycles. The SMILES string of the molecule is CNC(=O)Nc1ccc(C#CC#Cc2ccc(C(=O)NC(C(=O)NO)C(C)(N)C(F)F)cc2)cc1. The van der Waals surface area contributed by atoms with E-state index < -0.39 is 29.8 Å². The Morgan fingerprint density at radius 1 is 0.971 bits per heavy atom. The molecule has 4 amide bonds. The lowest BCUT2D eigenvalue weighted by atomic mass is 9.92. The summed E-state index contributed by atoms with van der Waals surface area (Å²) in [5.74, 6) is 8.89. The number of rotatable bonds is 6. The molecular formula is C24H23F2N5O4. The second-order valence-corrected chi connectivity index (χ2v) is 7.41. The zero-order chi connectivity index (χ0) is 26.0. The molecule has 2 aromatic rings. The third-order valence-electron chi connectivity index (χ3n) is 4.73. The molecule has 0 aromatic heterocycles. The van der Waals surface area contributed by atoms with E-state index in [2.05, 4.69) is 39.6 Å². The Morgan fingerprint density at radius 3 is 1.94 bits per heavy atom. The Balaban J connectivity index is 2.05. The predicted molar refractivity (Wildman–Crippen MR) is 124 cm³/mol. The van der Waals surface area contributed by atoms with E-state index in [1.165, 1.54) is 36.8 Å². The van der Waals surface area contributed by atoms with Crippen LogP contribution in [0.3, 0.4) is 0 Å². The first-order chi connectivity index (χ1) is 16.6. The van der Waals surface area contributed by atoms with Gasteiger partial charge in [0.1, 0.15) is 11.6 Å². The fraction of sp³-hybridized carbons (Fsp3) is 0.208. The number of hydrogen-bond acceptors (Lipinski definition) is 5. The van der Waals surface area contributed by atoms with Crippen molar-refractivity contribution in [2.75, 3.05) is 12.4 Å². The number of nitrogens with two attached hydrogens (primary N) is 1. The van der Waals surface area contributed by atoms with Crippen LogP contribution in [0.5, 0.6) is 0 Å². The van der Waals surface area contributed by atoms with E-state index in [1.54, 1.807) is 24.3 Å². The first-order valence-electron chi connectivity index (χ1n) is 10.1. The van der Waals surface area contributed by atoms with E-state index in [9.17, 15) is 23.2 Å². The standard InChI is InChI=1S/C24H23F2N5O4/c1-24(27,22(25)26)19(21(33)31-35)30-20(32)17-11-7-15(8-12-17)5-3-4-6-16-9-13-18(14-10-16)29-23(34)28-2/h7-14,19,22,35H,27H2,1-2H3,(H,30,32)(H,31,33)(H2,28,29,34). The Labute approximate surface area is 200 Å². The van der Waals surface area contributed by atoms with Gasteiger partial charge in [0.15, 0.2) is 0 Å². The van der Waals surface area contributed by atoms with E-state index in [-0.39, 0.29) is 11.6 Å². The largest absolute Gasteiger partial charge is 0.341 e. The predicted octanol–water partition coefficient (Wildman–Crippen LogP) is 1.43. The zero-order valence-corrected chi connectivity index (χ0v) is 18.8. The van der Waals surface area contributed by atoms with Crippen LogP contribution in [0.4, 0.5) is 19.3 Å². The lowest BCUT2D eigenvalue weighted by Crippen LogP contribution is -2.66.